The van der Waals surface area contributed by atoms with Gasteiger partial charge in [-0.05, 0) is 62.1 Å². The Hall–Kier alpha value is -1.87. The lowest BCUT2D eigenvalue weighted by Crippen LogP contribution is -2.55. The molecule has 0 aromatic heterocycles. The molecule has 3 rings (SSSR count). The monoisotopic (exact) mass is 610 g/mol. The average molecular weight is 611 g/mol. The van der Waals surface area contributed by atoms with E-state index in [-0.39, 0.29) is 33.5 Å². The molecule has 0 aliphatic carbocycles. The van der Waals surface area contributed by atoms with E-state index in [1.807, 2.05) is 37.3 Å². The number of halogens is 1. The fraction of sp³-hybridized carbons (Fsp3) is 0.586. The van der Waals surface area contributed by atoms with Crippen molar-refractivity contribution in [2.24, 2.45) is 0 Å². The van der Waals surface area contributed by atoms with Gasteiger partial charge >= 0.3 is 0 Å². The van der Waals surface area contributed by atoms with Gasteiger partial charge in [-0.25, -0.2) is 0 Å². The lowest BCUT2D eigenvalue weighted by molar-refractivity contribution is -0.231. The van der Waals surface area contributed by atoms with Crippen molar-refractivity contribution in [3.05, 3.63) is 64.2 Å². The molecule has 1 saturated heterocycles. The van der Waals surface area contributed by atoms with E-state index in [0.717, 1.165) is 16.9 Å². The number of hydrogen-bond acceptors (Lipinski definition) is 10. The summed E-state index contributed by atoms with van der Waals surface area (Å²) in [4.78, 5) is 0. The van der Waals surface area contributed by atoms with Crippen LogP contribution in [-0.2, 0) is 11.2 Å². The van der Waals surface area contributed by atoms with Crippen LogP contribution in [-0.4, -0.2) is 109 Å². The maximum Gasteiger partial charge on any atom is 0.119 e. The van der Waals surface area contributed by atoms with Crippen molar-refractivity contribution in [2.75, 3.05) is 26.4 Å². The van der Waals surface area contributed by atoms with Gasteiger partial charge in [-0.2, -0.15) is 0 Å². The molecule has 0 bridgehead atoms. The first kappa shape index (κ1) is 43.6. The van der Waals surface area contributed by atoms with E-state index in [1.54, 1.807) is 12.1 Å². The van der Waals surface area contributed by atoms with Crippen LogP contribution in [0.5, 0.6) is 5.75 Å². The third kappa shape index (κ3) is 14.7. The van der Waals surface area contributed by atoms with Crippen molar-refractivity contribution in [1.82, 2.24) is 0 Å². The SMILES string of the molecule is C.C.CCOc1ccc(Cc2cc([C@@H]3O[C@H](CO)[C@@H](O)[C@H](O)[C@H]3O)ccc2Cl)cc1.C[C@@H](O)CO.C[C@@H](O)CO.O. The lowest BCUT2D eigenvalue weighted by atomic mass is 9.90. The quantitative estimate of drug-likeness (QED) is 0.212. The molecule has 11 nitrogen and oxygen atoms in total. The van der Waals surface area contributed by atoms with Gasteiger partial charge in [0.05, 0.1) is 38.6 Å². The van der Waals surface area contributed by atoms with Crippen LogP contribution in [0, 0.1) is 0 Å². The van der Waals surface area contributed by atoms with Crippen molar-refractivity contribution in [3.63, 3.8) is 0 Å². The maximum absolute atomic E-state index is 10.3. The van der Waals surface area contributed by atoms with Crippen molar-refractivity contribution < 1.29 is 55.8 Å². The predicted molar refractivity (Wildman–Crippen MR) is 159 cm³/mol. The van der Waals surface area contributed by atoms with Crippen LogP contribution in [0.2, 0.25) is 5.02 Å². The average Bonchev–Trinajstić information content (AvgIpc) is 2.91. The molecule has 0 unspecified atom stereocenters. The van der Waals surface area contributed by atoms with Crippen molar-refractivity contribution >= 4 is 11.6 Å². The van der Waals surface area contributed by atoms with Crippen LogP contribution < -0.4 is 4.74 Å². The van der Waals surface area contributed by atoms with E-state index in [9.17, 15) is 20.4 Å². The Labute approximate surface area is 248 Å². The van der Waals surface area contributed by atoms with Gasteiger partial charge < -0.3 is 55.8 Å². The lowest BCUT2D eigenvalue weighted by Gasteiger charge is -2.40. The largest absolute Gasteiger partial charge is 0.494 e. The molecule has 2 aromatic rings. The second kappa shape index (κ2) is 22.7. The summed E-state index contributed by atoms with van der Waals surface area (Å²) in [7, 11) is 0. The first-order valence-corrected chi connectivity index (χ1v) is 12.7. The van der Waals surface area contributed by atoms with Crippen LogP contribution in [0.4, 0.5) is 0 Å². The molecule has 1 fully saturated rings. The summed E-state index contributed by atoms with van der Waals surface area (Å²) in [6.07, 6.45) is -6.51. The summed E-state index contributed by atoms with van der Waals surface area (Å²) in [5.74, 6) is 0.799. The molecule has 0 saturated carbocycles. The van der Waals surface area contributed by atoms with Crippen LogP contribution in [0.1, 0.15) is 58.4 Å². The van der Waals surface area contributed by atoms with Gasteiger partial charge in [-0.3, -0.25) is 0 Å². The van der Waals surface area contributed by atoms with Gasteiger partial charge in [-0.1, -0.05) is 50.7 Å². The number of ether oxygens (including phenoxy) is 2. The van der Waals surface area contributed by atoms with Gasteiger partial charge in [-0.15, -0.1) is 0 Å². The molecule has 0 spiro atoms. The number of aliphatic hydroxyl groups excluding tert-OH is 8. The molecule has 1 heterocycles. The summed E-state index contributed by atoms with van der Waals surface area (Å²) < 4.78 is 11.1. The second-order valence-corrected chi connectivity index (χ2v) is 9.32. The van der Waals surface area contributed by atoms with Crippen LogP contribution in [0.25, 0.3) is 0 Å². The molecule has 240 valence electrons. The Morgan fingerprint density at radius 2 is 1.37 bits per heavy atom. The van der Waals surface area contributed by atoms with Gasteiger partial charge in [0.25, 0.3) is 0 Å². The summed E-state index contributed by atoms with van der Waals surface area (Å²) >= 11 is 6.35. The van der Waals surface area contributed by atoms with E-state index < -0.39 is 49.3 Å². The highest BCUT2D eigenvalue weighted by atomic mass is 35.5. The fourth-order valence-electron chi connectivity index (χ4n) is 3.37. The molecule has 0 amide bonds. The van der Waals surface area contributed by atoms with Crippen molar-refractivity contribution in [3.8, 4) is 5.75 Å². The molecule has 12 heteroatoms. The molecule has 1 aliphatic heterocycles. The van der Waals surface area contributed by atoms with Gasteiger partial charge in [0.15, 0.2) is 0 Å². The minimum Gasteiger partial charge on any atom is -0.494 e. The third-order valence-corrected chi connectivity index (χ3v) is 5.82. The molecule has 41 heavy (non-hydrogen) atoms. The topological polar surface area (TPSA) is 212 Å². The zero-order chi connectivity index (χ0) is 28.8. The molecule has 7 atom stereocenters. The van der Waals surface area contributed by atoms with Crippen LogP contribution in [0.15, 0.2) is 42.5 Å². The highest BCUT2D eigenvalue weighted by molar-refractivity contribution is 6.31. The Morgan fingerprint density at radius 1 is 0.854 bits per heavy atom. The summed E-state index contributed by atoms with van der Waals surface area (Å²) in [5.41, 5.74) is 2.49. The zero-order valence-electron chi connectivity index (χ0n) is 22.4. The van der Waals surface area contributed by atoms with E-state index >= 15 is 0 Å². The maximum atomic E-state index is 10.3. The molecule has 0 radical (unpaired) electrons. The second-order valence-electron chi connectivity index (χ2n) is 8.92. The first-order valence-electron chi connectivity index (χ1n) is 12.4. The van der Waals surface area contributed by atoms with Gasteiger partial charge in [0.2, 0.25) is 0 Å². The molecule has 2 aromatic carbocycles. The zero-order valence-corrected chi connectivity index (χ0v) is 23.1. The number of aliphatic hydroxyl groups is 8. The molecular formula is C29H51ClO11. The number of rotatable bonds is 8. The Balaban J connectivity index is -0.000000961. The highest BCUT2D eigenvalue weighted by Crippen LogP contribution is 2.34. The van der Waals surface area contributed by atoms with Crippen LogP contribution >= 0.6 is 11.6 Å². The van der Waals surface area contributed by atoms with Crippen molar-refractivity contribution in [1.29, 1.82) is 0 Å². The Bertz CT molecular complexity index is 902. The normalized spacial score (nSPS) is 22.5. The summed E-state index contributed by atoms with van der Waals surface area (Å²) in [6.45, 7) is 4.85. The Kier molecular flexibility index (Phi) is 24.1. The molecular weight excluding hydrogens is 560 g/mol. The van der Waals surface area contributed by atoms with Crippen LogP contribution in [0.3, 0.4) is 0 Å². The minimum atomic E-state index is -1.42. The molecule has 1 aliphatic rings. The highest BCUT2D eigenvalue weighted by Gasteiger charge is 2.44. The smallest absolute Gasteiger partial charge is 0.119 e. The predicted octanol–water partition coefficient (Wildman–Crippen LogP) is 1.01. The standard InChI is InChI=1S/C21H25ClO6.2C3H8O2.2CH4.H2O/c1-2-27-15-6-3-12(4-7-15)9-14-10-13(5-8-16(14)22)21-20(26)19(25)18(24)17(11-23)28-21;2*1-3(5)2-4;;;/h3-8,10,17-21,23-26H,2,9,11H2,1H3;2*3-5H,2H2,1H3;2*1H4;1H2/t17-,18-,19+,20-,21+;2*3-;;;/m111.../s1. The van der Waals surface area contributed by atoms with E-state index in [1.165, 1.54) is 13.8 Å². The van der Waals surface area contributed by atoms with E-state index in [4.69, 9.17) is 41.5 Å². The minimum absolute atomic E-state index is 0. The molecule has 10 N–H and O–H groups in total. The fourth-order valence-corrected chi connectivity index (χ4v) is 3.56. The van der Waals surface area contributed by atoms with Gasteiger partial charge in [0.1, 0.15) is 36.3 Å². The first-order chi connectivity index (χ1) is 18.0. The van der Waals surface area contributed by atoms with E-state index in [0.29, 0.717) is 23.6 Å². The summed E-state index contributed by atoms with van der Waals surface area (Å²) in [5, 5.41) is 72.3. The summed E-state index contributed by atoms with van der Waals surface area (Å²) in [6, 6.07) is 12.9. The van der Waals surface area contributed by atoms with E-state index in [2.05, 4.69) is 0 Å². The third-order valence-electron chi connectivity index (χ3n) is 5.45. The Morgan fingerprint density at radius 3 is 1.80 bits per heavy atom. The van der Waals surface area contributed by atoms with Gasteiger partial charge in [0, 0.05) is 5.02 Å². The number of benzene rings is 2. The number of hydrogen-bond donors (Lipinski definition) is 8. The van der Waals surface area contributed by atoms with Crippen molar-refractivity contribution in [2.45, 2.75) is 84.8 Å².